The Bertz CT molecular complexity index is 720. The third kappa shape index (κ3) is 3.80. The van der Waals surface area contributed by atoms with Crippen molar-refractivity contribution in [2.45, 2.75) is 39.4 Å². The fourth-order valence-corrected chi connectivity index (χ4v) is 2.63. The molecule has 2 aromatic rings. The van der Waals surface area contributed by atoms with E-state index >= 15 is 0 Å². The first-order chi connectivity index (χ1) is 10.8. The van der Waals surface area contributed by atoms with Crippen molar-refractivity contribution in [1.29, 1.82) is 0 Å². The topological polar surface area (TPSA) is 69.6 Å². The molecule has 0 unspecified atom stereocenters. The number of carboxylic acid groups (broad SMARTS) is 1. The van der Waals surface area contributed by atoms with E-state index in [1.54, 1.807) is 0 Å². The molecule has 2 amide bonds. The van der Waals surface area contributed by atoms with E-state index in [1.807, 2.05) is 57.2 Å². The molecule has 0 fully saturated rings. The summed E-state index contributed by atoms with van der Waals surface area (Å²) in [6, 6.07) is 11.7. The second kappa shape index (κ2) is 6.69. The van der Waals surface area contributed by atoms with Crippen LogP contribution in [0.15, 0.2) is 36.4 Å². The van der Waals surface area contributed by atoms with E-state index in [0.717, 1.165) is 21.9 Å². The van der Waals surface area contributed by atoms with Crippen LogP contribution in [0.1, 0.15) is 31.9 Å². The summed E-state index contributed by atoms with van der Waals surface area (Å²) in [6.07, 6.45) is -0.262. The average Bonchev–Trinajstić information content (AvgIpc) is 2.49. The molecule has 0 aliphatic carbocycles. The van der Waals surface area contributed by atoms with Crippen molar-refractivity contribution < 1.29 is 14.7 Å². The van der Waals surface area contributed by atoms with Crippen LogP contribution < -0.4 is 5.32 Å². The zero-order valence-electron chi connectivity index (χ0n) is 13.7. The fourth-order valence-electron chi connectivity index (χ4n) is 2.63. The van der Waals surface area contributed by atoms with E-state index in [0.29, 0.717) is 19.5 Å². The Kier molecular flexibility index (Phi) is 4.89. The lowest BCUT2D eigenvalue weighted by molar-refractivity contribution is -0.109. The van der Waals surface area contributed by atoms with Crippen LogP contribution in [0.2, 0.25) is 0 Å². The Morgan fingerprint density at radius 1 is 1.13 bits per heavy atom. The van der Waals surface area contributed by atoms with Gasteiger partial charge in [-0.3, -0.25) is 9.69 Å². The summed E-state index contributed by atoms with van der Waals surface area (Å²) < 4.78 is 0. The van der Waals surface area contributed by atoms with E-state index in [1.165, 1.54) is 4.90 Å². The average molecular weight is 314 g/mol. The lowest BCUT2D eigenvalue weighted by Gasteiger charge is -2.33. The van der Waals surface area contributed by atoms with E-state index in [9.17, 15) is 14.7 Å². The number of amides is 2. The molecule has 0 radical (unpaired) electrons. The van der Waals surface area contributed by atoms with Crippen LogP contribution >= 0.6 is 0 Å². The quantitative estimate of drug-likeness (QED) is 0.831. The van der Waals surface area contributed by atoms with Gasteiger partial charge in [-0.15, -0.1) is 0 Å². The van der Waals surface area contributed by atoms with Gasteiger partial charge in [0.2, 0.25) is 6.41 Å². The van der Waals surface area contributed by atoms with Crippen LogP contribution in [-0.2, 0) is 17.9 Å². The molecule has 2 aromatic carbocycles. The van der Waals surface area contributed by atoms with E-state index < -0.39 is 11.6 Å². The largest absolute Gasteiger partial charge is 0.465 e. The third-order valence-corrected chi connectivity index (χ3v) is 3.85. The molecule has 0 aliphatic heterocycles. The molecule has 5 nitrogen and oxygen atoms in total. The van der Waals surface area contributed by atoms with Crippen LogP contribution in [0.5, 0.6) is 0 Å². The summed E-state index contributed by atoms with van der Waals surface area (Å²) in [5.41, 5.74) is 1.48. The summed E-state index contributed by atoms with van der Waals surface area (Å²) in [7, 11) is 0. The molecule has 0 aromatic heterocycles. The Morgan fingerprint density at radius 2 is 1.70 bits per heavy atom. The molecule has 0 bridgehead atoms. The third-order valence-electron chi connectivity index (χ3n) is 3.85. The first-order valence-electron chi connectivity index (χ1n) is 7.51. The first-order valence-corrected chi connectivity index (χ1v) is 7.51. The van der Waals surface area contributed by atoms with Gasteiger partial charge in [0.05, 0.1) is 6.54 Å². The van der Waals surface area contributed by atoms with Crippen molar-refractivity contribution in [2.24, 2.45) is 0 Å². The maximum atomic E-state index is 11.6. The zero-order chi connectivity index (χ0) is 17.0. The number of nitrogens with one attached hydrogen (secondary N) is 1. The molecule has 0 spiro atoms. The molecular formula is C18H22N2O3. The van der Waals surface area contributed by atoms with Gasteiger partial charge in [0.25, 0.3) is 0 Å². The van der Waals surface area contributed by atoms with Crippen LogP contribution in [0.3, 0.4) is 0 Å². The standard InChI is InChI=1S/C18H22N2O3/c1-18(2,3)20(17(22)23)11-14-9-8-13(10-19-12-21)15-6-4-5-7-16(14)15/h4-9,12H,10-11H2,1-3H3,(H,19,21)(H,22,23). The maximum Gasteiger partial charge on any atom is 0.408 e. The molecule has 0 aliphatic rings. The van der Waals surface area contributed by atoms with Crippen LogP contribution in [0.25, 0.3) is 10.8 Å². The lowest BCUT2D eigenvalue weighted by Crippen LogP contribution is -2.44. The lowest BCUT2D eigenvalue weighted by atomic mass is 9.97. The molecule has 0 atom stereocenters. The second-order valence-electron chi connectivity index (χ2n) is 6.47. The Labute approximate surface area is 135 Å². The van der Waals surface area contributed by atoms with Crippen LogP contribution in [0, 0.1) is 0 Å². The summed E-state index contributed by atoms with van der Waals surface area (Å²) in [6.45, 7) is 6.41. The minimum Gasteiger partial charge on any atom is -0.465 e. The molecule has 5 heteroatoms. The van der Waals surface area contributed by atoms with Gasteiger partial charge in [-0.25, -0.2) is 4.79 Å². The molecule has 0 saturated heterocycles. The van der Waals surface area contributed by atoms with Gasteiger partial charge in [-0.1, -0.05) is 36.4 Å². The predicted octanol–water partition coefficient (Wildman–Crippen LogP) is 3.36. The number of nitrogens with zero attached hydrogens (tertiary/aromatic N) is 1. The maximum absolute atomic E-state index is 11.6. The molecule has 2 N–H and O–H groups in total. The van der Waals surface area contributed by atoms with Crippen LogP contribution in [-0.4, -0.2) is 28.0 Å². The van der Waals surface area contributed by atoms with Gasteiger partial charge in [0.15, 0.2) is 0 Å². The summed E-state index contributed by atoms with van der Waals surface area (Å²) in [4.78, 5) is 23.5. The normalized spacial score (nSPS) is 11.3. The van der Waals surface area contributed by atoms with E-state index in [-0.39, 0.29) is 0 Å². The molecule has 0 heterocycles. The highest BCUT2D eigenvalue weighted by molar-refractivity contribution is 5.89. The van der Waals surface area contributed by atoms with Crippen molar-refractivity contribution in [3.05, 3.63) is 47.5 Å². The number of rotatable bonds is 5. The number of hydrogen-bond acceptors (Lipinski definition) is 2. The number of benzene rings is 2. The molecule has 122 valence electrons. The minimum atomic E-state index is -0.937. The highest BCUT2D eigenvalue weighted by Crippen LogP contribution is 2.26. The van der Waals surface area contributed by atoms with Crippen molar-refractivity contribution in [2.75, 3.05) is 0 Å². The molecule has 2 rings (SSSR count). The Balaban J connectivity index is 2.46. The zero-order valence-corrected chi connectivity index (χ0v) is 13.7. The molecular weight excluding hydrogens is 292 g/mol. The first kappa shape index (κ1) is 16.8. The summed E-state index contributed by atoms with van der Waals surface area (Å²) in [5.74, 6) is 0. The summed E-state index contributed by atoms with van der Waals surface area (Å²) >= 11 is 0. The molecule has 0 saturated carbocycles. The number of hydrogen-bond donors (Lipinski definition) is 2. The SMILES string of the molecule is CC(C)(C)N(Cc1ccc(CNC=O)c2ccccc12)C(=O)O. The monoisotopic (exact) mass is 314 g/mol. The number of carbonyl (C=O) groups excluding carboxylic acids is 1. The number of carbonyl (C=O) groups is 2. The Morgan fingerprint density at radius 3 is 2.22 bits per heavy atom. The van der Waals surface area contributed by atoms with Crippen molar-refractivity contribution in [1.82, 2.24) is 10.2 Å². The van der Waals surface area contributed by atoms with Crippen molar-refractivity contribution in [3.63, 3.8) is 0 Å². The van der Waals surface area contributed by atoms with Crippen LogP contribution in [0.4, 0.5) is 4.79 Å². The van der Waals surface area contributed by atoms with E-state index in [2.05, 4.69) is 5.32 Å². The summed E-state index contributed by atoms with van der Waals surface area (Å²) in [5, 5.41) is 14.2. The van der Waals surface area contributed by atoms with Gasteiger partial charge in [0.1, 0.15) is 0 Å². The van der Waals surface area contributed by atoms with Gasteiger partial charge in [0, 0.05) is 12.1 Å². The predicted molar refractivity (Wildman–Crippen MR) is 90.2 cm³/mol. The fraction of sp³-hybridized carbons (Fsp3) is 0.333. The second-order valence-corrected chi connectivity index (χ2v) is 6.47. The van der Waals surface area contributed by atoms with Gasteiger partial charge in [-0.05, 0) is 42.7 Å². The van der Waals surface area contributed by atoms with Crippen molar-refractivity contribution >= 4 is 23.3 Å². The minimum absolute atomic E-state index is 0.320. The number of fused-ring (bicyclic) bond motifs is 1. The highest BCUT2D eigenvalue weighted by Gasteiger charge is 2.26. The Hall–Kier alpha value is -2.56. The van der Waals surface area contributed by atoms with E-state index in [4.69, 9.17) is 0 Å². The molecule has 23 heavy (non-hydrogen) atoms. The van der Waals surface area contributed by atoms with Gasteiger partial charge >= 0.3 is 6.09 Å². The van der Waals surface area contributed by atoms with Gasteiger partial charge in [-0.2, -0.15) is 0 Å². The van der Waals surface area contributed by atoms with Gasteiger partial charge < -0.3 is 10.4 Å². The highest BCUT2D eigenvalue weighted by atomic mass is 16.4. The smallest absolute Gasteiger partial charge is 0.408 e. The van der Waals surface area contributed by atoms with Crippen molar-refractivity contribution in [3.8, 4) is 0 Å².